The largest absolute Gasteiger partial charge is 0.497 e. The Labute approximate surface area is 182 Å². The SMILES string of the molecule is COc1ccc(/C=C(/C(=O)Nc2ccc(N3CCOCC3)cc2)c2ccccc2)cc1. The molecule has 3 aromatic rings. The summed E-state index contributed by atoms with van der Waals surface area (Å²) in [7, 11) is 1.64. The minimum absolute atomic E-state index is 0.152. The van der Waals surface area contributed by atoms with Gasteiger partial charge in [-0.05, 0) is 53.6 Å². The second-order valence-corrected chi connectivity index (χ2v) is 7.30. The van der Waals surface area contributed by atoms with Crippen LogP contribution in [0.5, 0.6) is 5.75 Å². The van der Waals surface area contributed by atoms with Gasteiger partial charge < -0.3 is 19.7 Å². The van der Waals surface area contributed by atoms with E-state index in [2.05, 4.69) is 10.2 Å². The Bertz CT molecular complexity index is 1020. The summed E-state index contributed by atoms with van der Waals surface area (Å²) < 4.78 is 10.6. The van der Waals surface area contributed by atoms with Crippen LogP contribution in [0.3, 0.4) is 0 Å². The summed E-state index contributed by atoms with van der Waals surface area (Å²) in [5, 5.41) is 3.04. The molecule has 0 aliphatic carbocycles. The van der Waals surface area contributed by atoms with Crippen molar-refractivity contribution in [1.82, 2.24) is 0 Å². The van der Waals surface area contributed by atoms with E-state index in [4.69, 9.17) is 9.47 Å². The van der Waals surface area contributed by atoms with Crippen LogP contribution in [-0.2, 0) is 9.53 Å². The summed E-state index contributed by atoms with van der Waals surface area (Å²) >= 11 is 0. The van der Waals surface area contributed by atoms with Crippen molar-refractivity contribution in [1.29, 1.82) is 0 Å². The number of anilines is 2. The lowest BCUT2D eigenvalue weighted by atomic mass is 10.0. The maximum absolute atomic E-state index is 13.2. The molecule has 0 radical (unpaired) electrons. The van der Waals surface area contributed by atoms with E-state index in [9.17, 15) is 4.79 Å². The number of ether oxygens (including phenoxy) is 2. The first-order valence-corrected chi connectivity index (χ1v) is 10.4. The van der Waals surface area contributed by atoms with Crippen LogP contribution >= 0.6 is 0 Å². The molecule has 0 aromatic heterocycles. The molecular formula is C26H26N2O3. The summed E-state index contributed by atoms with van der Waals surface area (Å²) in [5.74, 6) is 0.629. The van der Waals surface area contributed by atoms with Gasteiger partial charge in [-0.3, -0.25) is 4.79 Å². The molecule has 1 aliphatic rings. The number of methoxy groups -OCH3 is 1. The van der Waals surface area contributed by atoms with Crippen molar-refractivity contribution in [2.75, 3.05) is 43.6 Å². The van der Waals surface area contributed by atoms with Gasteiger partial charge in [0, 0.05) is 30.0 Å². The number of carbonyl (C=O) groups excluding carboxylic acids is 1. The third kappa shape index (κ3) is 5.32. The van der Waals surface area contributed by atoms with E-state index in [1.807, 2.05) is 84.9 Å². The Balaban J connectivity index is 1.55. The molecule has 1 N–H and O–H groups in total. The smallest absolute Gasteiger partial charge is 0.256 e. The van der Waals surface area contributed by atoms with Crippen LogP contribution in [-0.4, -0.2) is 39.3 Å². The van der Waals surface area contributed by atoms with Crippen molar-refractivity contribution < 1.29 is 14.3 Å². The predicted octanol–water partition coefficient (Wildman–Crippen LogP) is 4.71. The molecule has 1 amide bonds. The van der Waals surface area contributed by atoms with Gasteiger partial charge in [-0.15, -0.1) is 0 Å². The minimum Gasteiger partial charge on any atom is -0.497 e. The molecule has 1 saturated heterocycles. The number of hydrogen-bond donors (Lipinski definition) is 1. The molecule has 0 spiro atoms. The van der Waals surface area contributed by atoms with Crippen LogP contribution in [0.2, 0.25) is 0 Å². The van der Waals surface area contributed by atoms with Gasteiger partial charge in [-0.25, -0.2) is 0 Å². The van der Waals surface area contributed by atoms with Gasteiger partial charge in [0.25, 0.3) is 5.91 Å². The molecule has 0 saturated carbocycles. The minimum atomic E-state index is -0.152. The molecule has 0 atom stereocenters. The van der Waals surface area contributed by atoms with E-state index >= 15 is 0 Å². The molecule has 31 heavy (non-hydrogen) atoms. The zero-order valence-corrected chi connectivity index (χ0v) is 17.6. The van der Waals surface area contributed by atoms with Crippen molar-refractivity contribution in [2.24, 2.45) is 0 Å². The second kappa shape index (κ2) is 9.96. The van der Waals surface area contributed by atoms with Crippen molar-refractivity contribution in [2.45, 2.75) is 0 Å². The molecule has 5 nitrogen and oxygen atoms in total. The fourth-order valence-electron chi connectivity index (χ4n) is 3.54. The van der Waals surface area contributed by atoms with Crippen LogP contribution in [0.1, 0.15) is 11.1 Å². The van der Waals surface area contributed by atoms with Crippen LogP contribution in [0.15, 0.2) is 78.9 Å². The van der Waals surface area contributed by atoms with Gasteiger partial charge in [-0.2, -0.15) is 0 Å². The van der Waals surface area contributed by atoms with Gasteiger partial charge in [0.2, 0.25) is 0 Å². The quantitative estimate of drug-likeness (QED) is 0.469. The Morgan fingerprint density at radius 2 is 1.61 bits per heavy atom. The first-order valence-electron chi connectivity index (χ1n) is 10.4. The third-order valence-corrected chi connectivity index (χ3v) is 5.26. The fourth-order valence-corrected chi connectivity index (χ4v) is 3.54. The number of morpholine rings is 1. The van der Waals surface area contributed by atoms with Crippen LogP contribution in [0.25, 0.3) is 11.6 Å². The molecule has 0 unspecified atom stereocenters. The summed E-state index contributed by atoms with van der Waals surface area (Å²) in [6, 6.07) is 25.3. The average molecular weight is 415 g/mol. The number of amides is 1. The number of nitrogens with one attached hydrogen (secondary N) is 1. The first-order chi connectivity index (χ1) is 15.2. The highest BCUT2D eigenvalue weighted by molar-refractivity contribution is 6.29. The maximum Gasteiger partial charge on any atom is 0.256 e. The summed E-state index contributed by atoms with van der Waals surface area (Å²) in [6.07, 6.45) is 1.90. The Morgan fingerprint density at radius 1 is 0.935 bits per heavy atom. The topological polar surface area (TPSA) is 50.8 Å². The highest BCUT2D eigenvalue weighted by Gasteiger charge is 2.14. The lowest BCUT2D eigenvalue weighted by Gasteiger charge is -2.28. The van der Waals surface area contributed by atoms with E-state index in [0.29, 0.717) is 5.57 Å². The standard InChI is InChI=1S/C26H26N2O3/c1-30-24-13-7-20(8-14-24)19-25(21-5-3-2-4-6-21)26(29)27-22-9-11-23(12-10-22)28-15-17-31-18-16-28/h2-14,19H,15-18H2,1H3,(H,27,29)/b25-19+. The van der Waals surface area contributed by atoms with Crippen LogP contribution in [0, 0.1) is 0 Å². The molecule has 5 heteroatoms. The van der Waals surface area contributed by atoms with E-state index in [-0.39, 0.29) is 5.91 Å². The second-order valence-electron chi connectivity index (χ2n) is 7.30. The Hall–Kier alpha value is -3.57. The molecule has 158 valence electrons. The molecule has 1 aliphatic heterocycles. The van der Waals surface area contributed by atoms with E-state index in [1.165, 1.54) is 0 Å². The number of benzene rings is 3. The van der Waals surface area contributed by atoms with Crippen molar-refractivity contribution in [3.05, 3.63) is 90.0 Å². The van der Waals surface area contributed by atoms with Crippen LogP contribution in [0.4, 0.5) is 11.4 Å². The molecule has 4 rings (SSSR count). The monoisotopic (exact) mass is 414 g/mol. The fraction of sp³-hybridized carbons (Fsp3) is 0.192. The van der Waals surface area contributed by atoms with Crippen LogP contribution < -0.4 is 15.0 Å². The predicted molar refractivity (Wildman–Crippen MR) is 125 cm³/mol. The average Bonchev–Trinajstić information content (AvgIpc) is 2.84. The van der Waals surface area contributed by atoms with Crippen molar-refractivity contribution in [3.63, 3.8) is 0 Å². The molecular weight excluding hydrogens is 388 g/mol. The van der Waals surface area contributed by atoms with Gasteiger partial charge in [0.05, 0.1) is 20.3 Å². The Kier molecular flexibility index (Phi) is 6.65. The van der Waals surface area contributed by atoms with Crippen molar-refractivity contribution >= 4 is 28.9 Å². The molecule has 1 fully saturated rings. The summed E-state index contributed by atoms with van der Waals surface area (Å²) in [5.41, 5.74) is 4.29. The highest BCUT2D eigenvalue weighted by atomic mass is 16.5. The zero-order valence-electron chi connectivity index (χ0n) is 17.6. The van der Waals surface area contributed by atoms with E-state index in [0.717, 1.165) is 54.6 Å². The molecule has 0 bridgehead atoms. The zero-order chi connectivity index (χ0) is 21.5. The van der Waals surface area contributed by atoms with Gasteiger partial charge >= 0.3 is 0 Å². The highest BCUT2D eigenvalue weighted by Crippen LogP contribution is 2.24. The maximum atomic E-state index is 13.2. The lowest BCUT2D eigenvalue weighted by molar-refractivity contribution is -0.111. The number of nitrogens with zero attached hydrogens (tertiary/aromatic N) is 1. The number of carbonyl (C=O) groups is 1. The van der Waals surface area contributed by atoms with Crippen molar-refractivity contribution in [3.8, 4) is 5.75 Å². The molecule has 3 aromatic carbocycles. The summed E-state index contributed by atoms with van der Waals surface area (Å²) in [6.45, 7) is 3.26. The number of hydrogen-bond acceptors (Lipinski definition) is 4. The molecule has 1 heterocycles. The van der Waals surface area contributed by atoms with E-state index < -0.39 is 0 Å². The normalized spacial score (nSPS) is 14.2. The van der Waals surface area contributed by atoms with Gasteiger partial charge in [-0.1, -0.05) is 42.5 Å². The number of rotatable bonds is 6. The van der Waals surface area contributed by atoms with E-state index in [1.54, 1.807) is 7.11 Å². The van der Waals surface area contributed by atoms with Gasteiger partial charge in [0.15, 0.2) is 0 Å². The lowest BCUT2D eigenvalue weighted by Crippen LogP contribution is -2.36. The Morgan fingerprint density at radius 3 is 2.26 bits per heavy atom. The third-order valence-electron chi connectivity index (χ3n) is 5.26. The summed E-state index contributed by atoms with van der Waals surface area (Å²) in [4.78, 5) is 15.5. The first kappa shape index (κ1) is 20.7. The van der Waals surface area contributed by atoms with Gasteiger partial charge in [0.1, 0.15) is 5.75 Å².